The first-order valence-corrected chi connectivity index (χ1v) is 10.2. The molecular formula is C22H21FN4O4. The van der Waals surface area contributed by atoms with E-state index in [1.807, 2.05) is 4.90 Å². The van der Waals surface area contributed by atoms with Crippen molar-refractivity contribution in [2.24, 2.45) is 5.92 Å². The minimum absolute atomic E-state index is 0.0419. The summed E-state index contributed by atoms with van der Waals surface area (Å²) >= 11 is 0. The molecule has 0 saturated carbocycles. The molecule has 9 heteroatoms. The molecule has 3 heterocycles. The number of piperidine rings is 1. The van der Waals surface area contributed by atoms with Gasteiger partial charge in [0.05, 0.1) is 5.69 Å². The number of halogens is 1. The van der Waals surface area contributed by atoms with Gasteiger partial charge in [-0.2, -0.15) is 5.10 Å². The zero-order valence-electron chi connectivity index (χ0n) is 16.7. The molecule has 0 spiro atoms. The molecule has 2 aliphatic heterocycles. The van der Waals surface area contributed by atoms with Crippen LogP contribution in [0.3, 0.4) is 0 Å². The van der Waals surface area contributed by atoms with E-state index in [2.05, 4.69) is 10.2 Å². The molecule has 1 N–H and O–H groups in total. The Kier molecular flexibility index (Phi) is 4.93. The first-order valence-electron chi connectivity index (χ1n) is 10.2. The van der Waals surface area contributed by atoms with Crippen LogP contribution in [-0.4, -0.2) is 45.5 Å². The number of hydrogen-bond acceptors (Lipinski definition) is 5. The predicted octanol–water partition coefficient (Wildman–Crippen LogP) is 2.52. The second kappa shape index (κ2) is 7.90. The lowest BCUT2D eigenvalue weighted by Gasteiger charge is -2.32. The predicted molar refractivity (Wildman–Crippen MR) is 109 cm³/mol. The molecule has 1 saturated heterocycles. The van der Waals surface area contributed by atoms with Crippen LogP contribution in [0.4, 0.5) is 4.39 Å². The first-order chi connectivity index (χ1) is 15.1. The van der Waals surface area contributed by atoms with Gasteiger partial charge in [-0.3, -0.25) is 4.79 Å². The lowest BCUT2D eigenvalue weighted by molar-refractivity contribution is 0.0689. The summed E-state index contributed by atoms with van der Waals surface area (Å²) in [5.41, 5.74) is 0.297. The summed E-state index contributed by atoms with van der Waals surface area (Å²) in [7, 11) is 0. The third-order valence-corrected chi connectivity index (χ3v) is 5.83. The molecule has 0 radical (unpaired) electrons. The molecule has 0 unspecified atom stereocenters. The Morgan fingerprint density at radius 2 is 1.90 bits per heavy atom. The number of rotatable bonds is 4. The Labute approximate surface area is 177 Å². The van der Waals surface area contributed by atoms with Crippen LogP contribution in [0.15, 0.2) is 47.3 Å². The van der Waals surface area contributed by atoms with Crippen molar-refractivity contribution in [1.29, 1.82) is 0 Å². The maximum atomic E-state index is 14.2. The van der Waals surface area contributed by atoms with Gasteiger partial charge in [-0.25, -0.2) is 18.9 Å². The normalized spacial score (nSPS) is 16.0. The number of fused-ring (bicyclic) bond motifs is 1. The number of aromatic amines is 1. The zero-order valence-corrected chi connectivity index (χ0v) is 16.7. The molecule has 5 rings (SSSR count). The molecule has 1 amide bonds. The lowest BCUT2D eigenvalue weighted by atomic mass is 9.92. The third-order valence-electron chi connectivity index (χ3n) is 5.83. The van der Waals surface area contributed by atoms with Crippen LogP contribution in [0.25, 0.3) is 5.69 Å². The van der Waals surface area contributed by atoms with Crippen LogP contribution in [0.2, 0.25) is 0 Å². The fourth-order valence-corrected chi connectivity index (χ4v) is 4.16. The minimum Gasteiger partial charge on any atom is -0.454 e. The summed E-state index contributed by atoms with van der Waals surface area (Å²) in [4.78, 5) is 26.9. The van der Waals surface area contributed by atoms with Crippen molar-refractivity contribution in [3.8, 4) is 17.2 Å². The SMILES string of the molecule is O=C(c1ccc2c(c1)OCO2)N1CCC(Cc2n[nH]c(=O)n2-c2ccccc2F)CC1. The van der Waals surface area contributed by atoms with Gasteiger partial charge in [0.2, 0.25) is 6.79 Å². The summed E-state index contributed by atoms with van der Waals surface area (Å²) in [6, 6.07) is 11.4. The van der Waals surface area contributed by atoms with Crippen molar-refractivity contribution in [1.82, 2.24) is 19.7 Å². The van der Waals surface area contributed by atoms with Crippen LogP contribution in [0.5, 0.6) is 11.5 Å². The molecule has 0 aliphatic carbocycles. The molecule has 2 aliphatic rings. The molecule has 1 fully saturated rings. The number of nitrogens with zero attached hydrogens (tertiary/aromatic N) is 3. The Morgan fingerprint density at radius 3 is 2.71 bits per heavy atom. The molecule has 3 aromatic rings. The maximum Gasteiger partial charge on any atom is 0.348 e. The number of carbonyl (C=O) groups excluding carboxylic acids is 1. The van der Waals surface area contributed by atoms with Gasteiger partial charge in [-0.15, -0.1) is 0 Å². The van der Waals surface area contributed by atoms with E-state index in [1.165, 1.54) is 10.6 Å². The highest BCUT2D eigenvalue weighted by molar-refractivity contribution is 5.95. The van der Waals surface area contributed by atoms with E-state index in [0.29, 0.717) is 42.4 Å². The highest BCUT2D eigenvalue weighted by Gasteiger charge is 2.27. The summed E-state index contributed by atoms with van der Waals surface area (Å²) in [5.74, 6) is 1.45. The number of ether oxygens (including phenoxy) is 2. The number of likely N-dealkylation sites (tertiary alicyclic amines) is 1. The smallest absolute Gasteiger partial charge is 0.348 e. The van der Waals surface area contributed by atoms with Gasteiger partial charge < -0.3 is 14.4 Å². The molecule has 0 atom stereocenters. The third kappa shape index (κ3) is 3.67. The lowest BCUT2D eigenvalue weighted by Crippen LogP contribution is -2.39. The van der Waals surface area contributed by atoms with Crippen molar-refractivity contribution in [2.75, 3.05) is 19.9 Å². The second-order valence-corrected chi connectivity index (χ2v) is 7.74. The Hall–Kier alpha value is -3.62. The summed E-state index contributed by atoms with van der Waals surface area (Å²) in [6.07, 6.45) is 2.07. The molecule has 1 aromatic heterocycles. The molecule has 2 aromatic carbocycles. The van der Waals surface area contributed by atoms with Crippen molar-refractivity contribution in [3.63, 3.8) is 0 Å². The topological polar surface area (TPSA) is 89.5 Å². The van der Waals surface area contributed by atoms with Crippen molar-refractivity contribution in [2.45, 2.75) is 19.3 Å². The summed E-state index contributed by atoms with van der Waals surface area (Å²) in [6.45, 7) is 1.38. The van der Waals surface area contributed by atoms with E-state index in [4.69, 9.17) is 9.47 Å². The van der Waals surface area contributed by atoms with Crippen molar-refractivity contribution in [3.05, 3.63) is 70.2 Å². The first kappa shape index (κ1) is 19.3. The van der Waals surface area contributed by atoms with Crippen LogP contribution in [0, 0.1) is 11.7 Å². The second-order valence-electron chi connectivity index (χ2n) is 7.74. The van der Waals surface area contributed by atoms with Gasteiger partial charge in [0.25, 0.3) is 5.91 Å². The number of nitrogens with one attached hydrogen (secondary N) is 1. The maximum absolute atomic E-state index is 14.2. The number of amides is 1. The van der Waals surface area contributed by atoms with Crippen LogP contribution >= 0.6 is 0 Å². The van der Waals surface area contributed by atoms with E-state index in [1.54, 1.807) is 36.4 Å². The fourth-order valence-electron chi connectivity index (χ4n) is 4.16. The number of para-hydroxylation sites is 1. The molecule has 0 bridgehead atoms. The minimum atomic E-state index is -0.476. The number of carbonyl (C=O) groups is 1. The summed E-state index contributed by atoms with van der Waals surface area (Å²) in [5, 5.41) is 6.54. The van der Waals surface area contributed by atoms with Gasteiger partial charge in [-0.1, -0.05) is 12.1 Å². The standard InChI is InChI=1S/C22H21FN4O4/c23-16-3-1-2-4-17(16)27-20(24-25-22(27)29)11-14-7-9-26(10-8-14)21(28)15-5-6-18-19(12-15)31-13-30-18/h1-6,12,14H,7-11,13H2,(H,25,29). The molecule has 31 heavy (non-hydrogen) atoms. The molecule has 160 valence electrons. The van der Waals surface area contributed by atoms with Gasteiger partial charge in [0.15, 0.2) is 11.5 Å². The average Bonchev–Trinajstić information content (AvgIpc) is 3.40. The monoisotopic (exact) mass is 424 g/mol. The number of aromatic nitrogens is 3. The van der Waals surface area contributed by atoms with Crippen LogP contribution < -0.4 is 15.2 Å². The van der Waals surface area contributed by atoms with Crippen molar-refractivity contribution < 1.29 is 18.7 Å². The Bertz CT molecular complexity index is 1180. The van der Waals surface area contributed by atoms with Gasteiger partial charge >= 0.3 is 5.69 Å². The van der Waals surface area contributed by atoms with E-state index < -0.39 is 11.5 Å². The van der Waals surface area contributed by atoms with Crippen LogP contribution in [0.1, 0.15) is 29.0 Å². The molecule has 8 nitrogen and oxygen atoms in total. The van der Waals surface area contributed by atoms with Crippen molar-refractivity contribution >= 4 is 5.91 Å². The Balaban J connectivity index is 1.26. The fraction of sp³-hybridized carbons (Fsp3) is 0.318. The van der Waals surface area contributed by atoms with Gasteiger partial charge in [0, 0.05) is 25.1 Å². The Morgan fingerprint density at radius 1 is 1.13 bits per heavy atom. The van der Waals surface area contributed by atoms with Crippen LogP contribution in [-0.2, 0) is 6.42 Å². The molecular weight excluding hydrogens is 403 g/mol. The highest BCUT2D eigenvalue weighted by Crippen LogP contribution is 2.33. The largest absolute Gasteiger partial charge is 0.454 e. The number of H-pyrrole nitrogens is 1. The van der Waals surface area contributed by atoms with Gasteiger partial charge in [0.1, 0.15) is 11.6 Å². The van der Waals surface area contributed by atoms with E-state index in [-0.39, 0.29) is 24.3 Å². The van der Waals surface area contributed by atoms with E-state index in [0.717, 1.165) is 12.8 Å². The van der Waals surface area contributed by atoms with E-state index in [9.17, 15) is 14.0 Å². The number of benzene rings is 2. The highest BCUT2D eigenvalue weighted by atomic mass is 19.1. The summed E-state index contributed by atoms with van der Waals surface area (Å²) < 4.78 is 26.2. The van der Waals surface area contributed by atoms with E-state index >= 15 is 0 Å². The quantitative estimate of drug-likeness (QED) is 0.695. The number of hydrogen-bond donors (Lipinski definition) is 1. The average molecular weight is 424 g/mol. The van der Waals surface area contributed by atoms with Gasteiger partial charge in [-0.05, 0) is 49.1 Å². The zero-order chi connectivity index (χ0) is 21.4.